The Morgan fingerprint density at radius 1 is 1.33 bits per heavy atom. The van der Waals surface area contributed by atoms with Gasteiger partial charge in [0.05, 0.1) is 12.2 Å². The molecule has 0 bridgehead atoms. The van der Waals surface area contributed by atoms with Crippen molar-refractivity contribution in [1.29, 1.82) is 0 Å². The molecule has 0 fully saturated rings. The number of carbonyl (C=O) groups is 1. The van der Waals surface area contributed by atoms with E-state index < -0.39 is 0 Å². The molecule has 0 atom stereocenters. The fourth-order valence-electron chi connectivity index (χ4n) is 2.30. The number of para-hydroxylation sites is 1. The molecule has 0 saturated carbocycles. The lowest BCUT2D eigenvalue weighted by Gasteiger charge is -2.19. The number of rotatable bonds is 2. The van der Waals surface area contributed by atoms with E-state index in [1.807, 2.05) is 24.3 Å². The van der Waals surface area contributed by atoms with Crippen molar-refractivity contribution < 1.29 is 9.53 Å². The van der Waals surface area contributed by atoms with Crippen molar-refractivity contribution in [2.75, 3.05) is 18.6 Å². The van der Waals surface area contributed by atoms with Gasteiger partial charge in [-0.05, 0) is 18.2 Å². The molecule has 21 heavy (non-hydrogen) atoms. The van der Waals surface area contributed by atoms with Crippen LogP contribution < -0.4 is 16.0 Å². The van der Waals surface area contributed by atoms with Gasteiger partial charge >= 0.3 is 0 Å². The van der Waals surface area contributed by atoms with Crippen molar-refractivity contribution in [3.63, 3.8) is 0 Å². The van der Waals surface area contributed by atoms with Gasteiger partial charge in [-0.1, -0.05) is 18.2 Å². The molecular formula is C15H16N4O2. The summed E-state index contributed by atoms with van der Waals surface area (Å²) < 4.78 is 5.66. The first-order valence-electron chi connectivity index (χ1n) is 6.70. The number of nitrogens with two attached hydrogens (primary N) is 1. The van der Waals surface area contributed by atoms with Crippen LogP contribution in [0.4, 0.5) is 5.69 Å². The number of nitrogens with one attached hydrogen (secondary N) is 1. The van der Waals surface area contributed by atoms with Gasteiger partial charge in [0.25, 0.3) is 5.91 Å². The average molecular weight is 284 g/mol. The Kier molecular flexibility index (Phi) is 3.70. The van der Waals surface area contributed by atoms with E-state index in [9.17, 15) is 4.79 Å². The van der Waals surface area contributed by atoms with E-state index in [-0.39, 0.29) is 5.91 Å². The quantitative estimate of drug-likeness (QED) is 0.643. The van der Waals surface area contributed by atoms with Crippen LogP contribution in [-0.2, 0) is 6.54 Å². The normalized spacial score (nSPS) is 13.9. The summed E-state index contributed by atoms with van der Waals surface area (Å²) in [6.07, 6.45) is 1.56. The van der Waals surface area contributed by atoms with Crippen LogP contribution in [0, 0.1) is 0 Å². The Morgan fingerprint density at radius 3 is 3.05 bits per heavy atom. The Hall–Kier alpha value is -2.60. The number of carbonyl (C=O) groups excluding carboxylic acids is 1. The maximum Gasteiger partial charge on any atom is 0.272 e. The number of hydrogen-bond donors (Lipinski definition) is 2. The first-order chi connectivity index (χ1) is 10.3. The number of hydrazine groups is 1. The number of amides is 1. The zero-order valence-corrected chi connectivity index (χ0v) is 11.5. The highest BCUT2D eigenvalue weighted by molar-refractivity contribution is 5.93. The van der Waals surface area contributed by atoms with Gasteiger partial charge in [0.2, 0.25) is 0 Å². The largest absolute Gasteiger partial charge is 0.491 e. The van der Waals surface area contributed by atoms with E-state index in [0.29, 0.717) is 31.1 Å². The topological polar surface area (TPSA) is 80.5 Å². The maximum atomic E-state index is 12.6. The summed E-state index contributed by atoms with van der Waals surface area (Å²) in [5, 5.41) is 0. The number of pyridine rings is 1. The number of benzene rings is 1. The summed E-state index contributed by atoms with van der Waals surface area (Å²) >= 11 is 0. The second-order valence-electron chi connectivity index (χ2n) is 4.76. The minimum absolute atomic E-state index is 0.132. The summed E-state index contributed by atoms with van der Waals surface area (Å²) in [6, 6.07) is 11.1. The highest BCUT2D eigenvalue weighted by atomic mass is 16.5. The molecule has 1 aliphatic rings. The summed E-state index contributed by atoms with van der Waals surface area (Å²) in [5.74, 6) is 6.06. The minimum atomic E-state index is -0.132. The number of aromatic nitrogens is 1. The number of ether oxygens (including phenoxy) is 1. The molecule has 1 amide bonds. The van der Waals surface area contributed by atoms with Crippen LogP contribution in [0.3, 0.4) is 0 Å². The molecule has 2 aromatic rings. The zero-order valence-electron chi connectivity index (χ0n) is 11.5. The molecule has 6 heteroatoms. The second-order valence-corrected chi connectivity index (χ2v) is 4.76. The molecule has 1 aromatic heterocycles. The predicted molar refractivity (Wildman–Crippen MR) is 78.7 cm³/mol. The number of hydrogen-bond acceptors (Lipinski definition) is 5. The summed E-state index contributed by atoms with van der Waals surface area (Å²) in [4.78, 5) is 18.4. The van der Waals surface area contributed by atoms with Crippen LogP contribution in [0.15, 0.2) is 42.6 Å². The Bertz CT molecular complexity index is 660. The number of nitrogen functional groups attached to an aromatic ring is 1. The van der Waals surface area contributed by atoms with Crippen LogP contribution >= 0.6 is 0 Å². The summed E-state index contributed by atoms with van der Waals surface area (Å²) in [7, 11) is 0. The first-order valence-corrected chi connectivity index (χ1v) is 6.70. The second kappa shape index (κ2) is 5.80. The van der Waals surface area contributed by atoms with E-state index in [1.54, 1.807) is 23.2 Å². The van der Waals surface area contributed by atoms with Gasteiger partial charge in [0, 0.05) is 18.3 Å². The van der Waals surface area contributed by atoms with Crippen LogP contribution in [-0.4, -0.2) is 28.9 Å². The molecule has 1 aromatic carbocycles. The molecule has 0 radical (unpaired) electrons. The van der Waals surface area contributed by atoms with Crippen molar-refractivity contribution >= 4 is 11.6 Å². The number of anilines is 1. The van der Waals surface area contributed by atoms with Crippen LogP contribution in [0.1, 0.15) is 16.1 Å². The Balaban J connectivity index is 1.84. The number of nitrogens with zero attached hydrogens (tertiary/aromatic N) is 2. The van der Waals surface area contributed by atoms with Gasteiger partial charge in [-0.25, -0.2) is 0 Å². The zero-order chi connectivity index (χ0) is 14.7. The summed E-state index contributed by atoms with van der Waals surface area (Å²) in [6.45, 7) is 1.50. The molecule has 6 nitrogen and oxygen atoms in total. The lowest BCUT2D eigenvalue weighted by atomic mass is 10.2. The minimum Gasteiger partial charge on any atom is -0.491 e. The third kappa shape index (κ3) is 2.80. The third-order valence-corrected chi connectivity index (χ3v) is 3.39. The van der Waals surface area contributed by atoms with Crippen LogP contribution in [0.5, 0.6) is 5.75 Å². The molecule has 0 unspecified atom stereocenters. The van der Waals surface area contributed by atoms with E-state index in [2.05, 4.69) is 10.4 Å². The predicted octanol–water partition coefficient (Wildman–Crippen LogP) is 1.40. The standard InChI is InChI=1S/C15H16N4O2/c16-18-12-5-6-17-13(9-12)15(20)19-7-8-21-14-4-2-1-3-11(14)10-19/h1-6,9H,7-8,10,16H2,(H,17,18). The van der Waals surface area contributed by atoms with Crippen molar-refractivity contribution in [2.45, 2.75) is 6.54 Å². The first kappa shape index (κ1) is 13.4. The summed E-state index contributed by atoms with van der Waals surface area (Å²) in [5.41, 5.74) is 4.53. The van der Waals surface area contributed by atoms with Crippen molar-refractivity contribution in [2.24, 2.45) is 5.84 Å². The van der Waals surface area contributed by atoms with Gasteiger partial charge in [-0.3, -0.25) is 15.6 Å². The maximum absolute atomic E-state index is 12.6. The highest BCUT2D eigenvalue weighted by Gasteiger charge is 2.21. The fraction of sp³-hybridized carbons (Fsp3) is 0.200. The van der Waals surface area contributed by atoms with E-state index in [1.165, 1.54) is 0 Å². The molecule has 0 spiro atoms. The fourth-order valence-corrected chi connectivity index (χ4v) is 2.30. The molecule has 2 heterocycles. The molecule has 0 saturated heterocycles. The molecule has 108 valence electrons. The molecule has 1 aliphatic heterocycles. The van der Waals surface area contributed by atoms with E-state index in [4.69, 9.17) is 10.6 Å². The Morgan fingerprint density at radius 2 is 2.19 bits per heavy atom. The smallest absolute Gasteiger partial charge is 0.272 e. The molecule has 3 rings (SSSR count). The third-order valence-electron chi connectivity index (χ3n) is 3.39. The SMILES string of the molecule is NNc1ccnc(C(=O)N2CCOc3ccccc3C2)c1. The van der Waals surface area contributed by atoms with Crippen molar-refractivity contribution in [3.05, 3.63) is 53.9 Å². The molecule has 3 N–H and O–H groups in total. The van der Waals surface area contributed by atoms with Crippen molar-refractivity contribution in [3.8, 4) is 5.75 Å². The van der Waals surface area contributed by atoms with E-state index >= 15 is 0 Å². The highest BCUT2D eigenvalue weighted by Crippen LogP contribution is 2.23. The monoisotopic (exact) mass is 284 g/mol. The van der Waals surface area contributed by atoms with Gasteiger partial charge in [-0.15, -0.1) is 0 Å². The van der Waals surface area contributed by atoms with Gasteiger partial charge in [0.1, 0.15) is 18.1 Å². The average Bonchev–Trinajstić information content (AvgIpc) is 2.76. The van der Waals surface area contributed by atoms with E-state index in [0.717, 1.165) is 11.3 Å². The lowest BCUT2D eigenvalue weighted by molar-refractivity contribution is 0.0727. The number of fused-ring (bicyclic) bond motifs is 1. The molecule has 0 aliphatic carbocycles. The Labute approximate surface area is 122 Å². The van der Waals surface area contributed by atoms with Crippen LogP contribution in [0.25, 0.3) is 0 Å². The lowest BCUT2D eigenvalue weighted by Crippen LogP contribution is -2.33. The van der Waals surface area contributed by atoms with Gasteiger partial charge in [0.15, 0.2) is 0 Å². The van der Waals surface area contributed by atoms with Crippen LogP contribution in [0.2, 0.25) is 0 Å². The van der Waals surface area contributed by atoms with Gasteiger partial charge in [-0.2, -0.15) is 0 Å². The molecular weight excluding hydrogens is 268 g/mol. The van der Waals surface area contributed by atoms with Gasteiger partial charge < -0.3 is 15.1 Å². The van der Waals surface area contributed by atoms with Crippen molar-refractivity contribution in [1.82, 2.24) is 9.88 Å².